The van der Waals surface area contributed by atoms with Gasteiger partial charge in [-0.3, -0.25) is 19.5 Å². The molecule has 0 unspecified atom stereocenters. The molecule has 344 valence electrons. The first-order valence-corrected chi connectivity index (χ1v) is 18.9. The average molecular weight is 885 g/mol. The minimum atomic E-state index is -2.01. The Labute approximate surface area is 366 Å². The number of halogens is 2. The van der Waals surface area contributed by atoms with Crippen LogP contribution >= 0.6 is 0 Å². The van der Waals surface area contributed by atoms with E-state index in [1.54, 1.807) is 103 Å². The molecule has 0 aromatic heterocycles. The molecule has 8 atom stereocenters. The molecule has 63 heavy (non-hydrogen) atoms. The van der Waals surface area contributed by atoms with E-state index in [0.29, 0.717) is 12.1 Å². The number of hydrogen-bond donors (Lipinski definition) is 4. The molecule has 2 saturated heterocycles. The number of nitrogens with one attached hydrogen (secondary N) is 1. The first-order chi connectivity index (χ1) is 29.1. The van der Waals surface area contributed by atoms with Gasteiger partial charge in [0.2, 0.25) is 0 Å². The van der Waals surface area contributed by atoms with Gasteiger partial charge in [-0.05, 0) is 36.4 Å². The van der Waals surface area contributed by atoms with Gasteiger partial charge in [0.15, 0.2) is 30.9 Å². The number of aliphatic hydroxyl groups is 3. The van der Waals surface area contributed by atoms with Crippen LogP contribution < -0.4 is 5.32 Å². The van der Waals surface area contributed by atoms with Crippen molar-refractivity contribution in [3.8, 4) is 0 Å². The Balaban J connectivity index is 0.000000523. The van der Waals surface area contributed by atoms with Gasteiger partial charge in [-0.15, -0.1) is 0 Å². The van der Waals surface area contributed by atoms with Gasteiger partial charge in [0.1, 0.15) is 24.9 Å². The van der Waals surface area contributed by atoms with Crippen molar-refractivity contribution in [1.82, 2.24) is 20.0 Å². The predicted octanol–water partition coefficient (Wildman–Crippen LogP) is 4.77. The van der Waals surface area contributed by atoms with E-state index in [2.05, 4.69) is 5.32 Å². The van der Waals surface area contributed by atoms with E-state index in [0.717, 1.165) is 21.8 Å². The molecule has 16 nitrogen and oxygen atoms in total. The van der Waals surface area contributed by atoms with E-state index in [4.69, 9.17) is 29.2 Å². The summed E-state index contributed by atoms with van der Waals surface area (Å²) in [5, 5.41) is 27.9. The number of hydrogen-bond acceptors (Lipinski definition) is 12. The van der Waals surface area contributed by atoms with Crippen molar-refractivity contribution in [2.75, 3.05) is 46.5 Å². The zero-order valence-corrected chi connectivity index (χ0v) is 32.4. The molecule has 0 spiro atoms. The minimum Gasteiger partial charge on any atom is -0.459 e. The van der Waals surface area contributed by atoms with Gasteiger partial charge in [0, 0.05) is 38.9 Å². The summed E-state index contributed by atoms with van der Waals surface area (Å²) in [5.74, 6) is -2.03. The zero-order chi connectivity index (χ0) is 43.2. The van der Waals surface area contributed by atoms with E-state index in [9.17, 15) is 33.5 Å². The molecule has 4 aliphatic rings. The van der Waals surface area contributed by atoms with Gasteiger partial charge < -0.3 is 39.6 Å². The van der Waals surface area contributed by atoms with Crippen LogP contribution in [0.25, 0.3) is 0 Å². The van der Waals surface area contributed by atoms with E-state index < -0.39 is 92.3 Å². The number of alkyl halides is 2. The fraction of sp³-hybridized carbons (Fsp3) is 0.400. The highest BCUT2D eigenvalue weighted by molar-refractivity contribution is 6.04. The highest BCUT2D eigenvalue weighted by Crippen LogP contribution is 2.32. The molecule has 0 saturated carbocycles. The molecule has 7 rings (SSSR count). The Morgan fingerprint density at radius 2 is 1.19 bits per heavy atom. The summed E-state index contributed by atoms with van der Waals surface area (Å²) in [6, 6.07) is 23.3. The molecule has 5 amide bonds. The van der Waals surface area contributed by atoms with Crippen molar-refractivity contribution >= 4 is 29.9 Å². The lowest BCUT2D eigenvalue weighted by molar-refractivity contribution is -0.0750. The molecule has 18 heteroatoms. The summed E-state index contributed by atoms with van der Waals surface area (Å²) >= 11 is 0. The van der Waals surface area contributed by atoms with Crippen LogP contribution in [0.4, 0.5) is 18.4 Å². The number of ether oxygens (including phenoxy) is 4. The van der Waals surface area contributed by atoms with Crippen molar-refractivity contribution in [2.45, 2.75) is 71.5 Å². The maximum atomic E-state index is 16.1. The normalized spacial score (nSPS) is 24.8. The Morgan fingerprint density at radius 1 is 0.698 bits per heavy atom. The van der Waals surface area contributed by atoms with Crippen LogP contribution in [0, 0.1) is 0 Å². The van der Waals surface area contributed by atoms with Crippen molar-refractivity contribution in [2.24, 2.45) is 0 Å². The van der Waals surface area contributed by atoms with Crippen LogP contribution in [0.3, 0.4) is 0 Å². The van der Waals surface area contributed by atoms with Crippen LogP contribution in [0.15, 0.2) is 115 Å². The Kier molecular flexibility index (Phi) is 21.7. The largest absolute Gasteiger partial charge is 0.459 e. The summed E-state index contributed by atoms with van der Waals surface area (Å²) in [6.07, 6.45) is -4.82. The third kappa shape index (κ3) is 13.0. The molecule has 4 aliphatic heterocycles. The number of carbonyl (C=O) groups excluding carboxylic acids is 5. The fourth-order valence-electron chi connectivity index (χ4n) is 6.53. The molecule has 3 aromatic rings. The second kappa shape index (κ2) is 25.8. The topological polar surface area (TPSA) is 205 Å². The first kappa shape index (κ1) is 53.1. The van der Waals surface area contributed by atoms with Crippen LogP contribution in [0.5, 0.6) is 0 Å². The quantitative estimate of drug-likeness (QED) is 0.170. The number of amides is 5. The highest BCUT2D eigenvalue weighted by atomic mass is 19.1. The van der Waals surface area contributed by atoms with Crippen LogP contribution in [-0.4, -0.2) is 156 Å². The smallest absolute Gasteiger partial charge is 0.338 e. The number of urea groups is 2. The van der Waals surface area contributed by atoms with Crippen molar-refractivity contribution in [3.63, 3.8) is 0 Å². The molecular weight excluding hydrogens is 827 g/mol. The molecular formula is C45H58F2N4O12. The molecule has 0 bridgehead atoms. The lowest BCUT2D eigenvalue weighted by atomic mass is 10.1. The fourth-order valence-corrected chi connectivity index (χ4v) is 6.53. The van der Waals surface area contributed by atoms with Gasteiger partial charge in [-0.25, -0.2) is 28.0 Å². The lowest BCUT2D eigenvalue weighted by Gasteiger charge is -2.31. The molecule has 0 radical (unpaired) electrons. The molecule has 0 aliphatic carbocycles. The van der Waals surface area contributed by atoms with Crippen molar-refractivity contribution in [3.05, 3.63) is 132 Å². The number of rotatable bonds is 9. The molecule has 3 aromatic carbocycles. The Morgan fingerprint density at radius 3 is 1.76 bits per heavy atom. The third-order valence-electron chi connectivity index (χ3n) is 9.60. The lowest BCUT2D eigenvalue weighted by Crippen LogP contribution is -2.52. The van der Waals surface area contributed by atoms with Gasteiger partial charge in [0.05, 0.1) is 17.7 Å². The maximum absolute atomic E-state index is 16.1. The first-order valence-electron chi connectivity index (χ1n) is 18.9. The summed E-state index contributed by atoms with van der Waals surface area (Å²) in [6.45, 7) is -0.409. The molecule has 2 fully saturated rings. The predicted molar refractivity (Wildman–Crippen MR) is 229 cm³/mol. The number of aliphatic hydroxyl groups excluding tert-OH is 3. The van der Waals surface area contributed by atoms with Crippen LogP contribution in [0.2, 0.25) is 0 Å². The Hall–Kier alpha value is -6.05. The molecule has 4 heterocycles. The van der Waals surface area contributed by atoms with Crippen LogP contribution in [-0.2, 0) is 18.9 Å². The monoisotopic (exact) mass is 884 g/mol. The van der Waals surface area contributed by atoms with Crippen LogP contribution in [0.1, 0.15) is 53.4 Å². The van der Waals surface area contributed by atoms with E-state index >= 15 is 4.39 Å². The maximum Gasteiger partial charge on any atom is 0.338 e. The Bertz CT molecular complexity index is 1960. The van der Waals surface area contributed by atoms with Gasteiger partial charge in [-0.2, -0.15) is 0 Å². The number of benzene rings is 3. The van der Waals surface area contributed by atoms with Gasteiger partial charge in [0.25, 0.3) is 5.91 Å². The highest BCUT2D eigenvalue weighted by Gasteiger charge is 2.53. The summed E-state index contributed by atoms with van der Waals surface area (Å²) in [7, 11) is 1.00. The average Bonchev–Trinajstić information content (AvgIpc) is 3.52. The van der Waals surface area contributed by atoms with Gasteiger partial charge in [-0.1, -0.05) is 101 Å². The number of imide groups is 1. The number of carbonyl (C=O) groups is 5. The summed E-state index contributed by atoms with van der Waals surface area (Å²) in [4.78, 5) is 67.0. The minimum absolute atomic E-state index is 0. The van der Waals surface area contributed by atoms with Gasteiger partial charge >= 0.3 is 24.0 Å². The number of esters is 2. The van der Waals surface area contributed by atoms with E-state index in [1.165, 1.54) is 12.1 Å². The summed E-state index contributed by atoms with van der Waals surface area (Å²) < 4.78 is 51.9. The van der Waals surface area contributed by atoms with E-state index in [-0.39, 0.29) is 53.0 Å². The third-order valence-corrected chi connectivity index (χ3v) is 9.60. The SMILES string of the molecule is C.C.C.CO.O=C(OC[C@H]1O[C@@H](N2CC=CCN(C(=O)c3ccccc3)C2=O)[C@@H](F)[C@@H]1OC(=O)c1ccccc1)c1ccccc1.O=C1NCC=CCN1[C@@H]1O[C@H](CO)[C@@H](O)[C@@H]1F. The second-order valence-electron chi connectivity index (χ2n) is 13.4. The standard InChI is InChI=1S/C31H27FN2O7.C10H15FN2O4.CH4O.3CH4/c32-25-26(41-30(37)23-16-8-3-9-17-23)24(20-39-29(36)22-14-6-2-7-15-22)40-28(25)34-19-11-10-18-33(31(34)38)27(35)21-12-4-1-5-13-21;11-7-8(15)6(5-14)17-9(7)13-4-2-1-3-12-10(13)16;1-2;;;/h1-17,24-26,28H,18-20H2;1-2,6-9,14-15H,3-5H2,(H,12,16);2H,1H3;3*1H4/t24-,25+,26-,28-;6-,7+,8-,9-;;;;/m11..../s1. The number of nitrogens with zero attached hydrogens (tertiary/aromatic N) is 3. The summed E-state index contributed by atoms with van der Waals surface area (Å²) in [5.41, 5.74) is 0.761. The zero-order valence-electron chi connectivity index (χ0n) is 32.4. The van der Waals surface area contributed by atoms with Crippen molar-refractivity contribution in [1.29, 1.82) is 0 Å². The van der Waals surface area contributed by atoms with Crippen molar-refractivity contribution < 1.29 is 67.0 Å². The second-order valence-corrected chi connectivity index (χ2v) is 13.4. The molecule has 4 N–H and O–H groups in total. The van der Waals surface area contributed by atoms with E-state index in [1.807, 2.05) is 0 Å².